The zero-order chi connectivity index (χ0) is 26.0. The van der Waals surface area contributed by atoms with E-state index < -0.39 is 35.7 Å². The molecule has 0 saturated heterocycles. The van der Waals surface area contributed by atoms with Crippen molar-refractivity contribution in [2.75, 3.05) is 14.2 Å². The maximum atomic E-state index is 13.3. The van der Waals surface area contributed by atoms with Crippen LogP contribution in [0.3, 0.4) is 0 Å². The molecule has 0 aromatic heterocycles. The molecule has 0 spiro atoms. The maximum absolute atomic E-state index is 13.3. The quantitative estimate of drug-likeness (QED) is 0.0908. The van der Waals surface area contributed by atoms with Crippen LogP contribution < -0.4 is 0 Å². The van der Waals surface area contributed by atoms with Crippen molar-refractivity contribution in [1.82, 2.24) is 0 Å². The van der Waals surface area contributed by atoms with E-state index in [1.807, 2.05) is 12.1 Å². The first-order valence-electron chi connectivity index (χ1n) is 13.7. The Morgan fingerprint density at radius 1 is 0.943 bits per heavy atom. The number of benzene rings is 1. The van der Waals surface area contributed by atoms with E-state index in [0.29, 0.717) is 12.8 Å². The van der Waals surface area contributed by atoms with Crippen LogP contribution in [0, 0.1) is 11.3 Å². The van der Waals surface area contributed by atoms with E-state index in [9.17, 15) is 9.59 Å². The zero-order valence-electron chi connectivity index (χ0n) is 22.9. The molecule has 5 heteroatoms. The summed E-state index contributed by atoms with van der Waals surface area (Å²) in [6.07, 6.45) is 10.4. The summed E-state index contributed by atoms with van der Waals surface area (Å²) in [6, 6.07) is 10.6. The molecule has 2 rings (SSSR count). The van der Waals surface area contributed by atoms with Crippen molar-refractivity contribution >= 4 is 30.3 Å². The molecule has 35 heavy (non-hydrogen) atoms. The predicted molar refractivity (Wildman–Crippen MR) is 147 cm³/mol. The Bertz CT molecular complexity index is 783. The Labute approximate surface area is 218 Å². The second-order valence-corrected chi connectivity index (χ2v) is 24.7. The van der Waals surface area contributed by atoms with Gasteiger partial charge in [-0.05, 0) is 0 Å². The van der Waals surface area contributed by atoms with Crippen molar-refractivity contribution in [1.29, 1.82) is 0 Å². The molecule has 1 aromatic carbocycles. The first-order chi connectivity index (χ1) is 16.8. The Morgan fingerprint density at radius 2 is 1.43 bits per heavy atom. The third kappa shape index (κ3) is 6.53. The van der Waals surface area contributed by atoms with E-state index >= 15 is 0 Å². The summed E-state index contributed by atoms with van der Waals surface area (Å²) in [7, 11) is 2.76. The fourth-order valence-electron chi connectivity index (χ4n) is 6.75. The number of carbonyl (C=O) groups excluding carboxylic acids is 2. The van der Waals surface area contributed by atoms with E-state index in [-0.39, 0.29) is 11.3 Å². The number of carbonyl (C=O) groups is 2. The van der Waals surface area contributed by atoms with Gasteiger partial charge >= 0.3 is 219 Å². The fourth-order valence-corrected chi connectivity index (χ4v) is 25.4. The van der Waals surface area contributed by atoms with E-state index in [0.717, 1.165) is 4.44 Å². The molecule has 2 atom stereocenters. The number of hydrogen-bond donors (Lipinski definition) is 0. The van der Waals surface area contributed by atoms with Crippen LogP contribution >= 0.6 is 0 Å². The van der Waals surface area contributed by atoms with Crippen molar-refractivity contribution < 1.29 is 19.1 Å². The summed E-state index contributed by atoms with van der Waals surface area (Å²) < 4.78 is 15.8. The molecule has 4 nitrogen and oxygen atoms in total. The van der Waals surface area contributed by atoms with Gasteiger partial charge in [-0.1, -0.05) is 0 Å². The molecular weight excluding hydrogens is 543 g/mol. The number of hydrogen-bond acceptors (Lipinski definition) is 4. The zero-order valence-corrected chi connectivity index (χ0v) is 25.7. The second-order valence-electron chi connectivity index (χ2n) is 10.8. The van der Waals surface area contributed by atoms with Crippen molar-refractivity contribution in [3.8, 4) is 0 Å². The van der Waals surface area contributed by atoms with E-state index in [1.165, 1.54) is 71.6 Å². The Hall–Kier alpha value is -1.30. The molecule has 0 aliphatic heterocycles. The van der Waals surface area contributed by atoms with Crippen LogP contribution in [0.4, 0.5) is 0 Å². The Balaban J connectivity index is 2.74. The predicted octanol–water partition coefficient (Wildman–Crippen LogP) is 7.70. The van der Waals surface area contributed by atoms with Crippen LogP contribution in [0.5, 0.6) is 0 Å². The van der Waals surface area contributed by atoms with Gasteiger partial charge in [0.05, 0.1) is 0 Å². The van der Waals surface area contributed by atoms with Gasteiger partial charge in [0.25, 0.3) is 0 Å². The number of methoxy groups -OCH3 is 2. The molecular formula is C30H48O4Sn. The minimum atomic E-state index is -2.71. The van der Waals surface area contributed by atoms with Crippen LogP contribution in [-0.4, -0.2) is 44.5 Å². The monoisotopic (exact) mass is 592 g/mol. The summed E-state index contributed by atoms with van der Waals surface area (Å²) in [4.78, 5) is 26.5. The molecule has 0 heterocycles. The van der Waals surface area contributed by atoms with Gasteiger partial charge in [0.15, 0.2) is 0 Å². The average molecular weight is 591 g/mol. The number of allylic oxidation sites excluding steroid dienone is 1. The van der Waals surface area contributed by atoms with E-state index in [2.05, 4.69) is 51.6 Å². The minimum absolute atomic E-state index is 0.0176. The first-order valence-corrected chi connectivity index (χ1v) is 21.8. The second kappa shape index (κ2) is 13.9. The summed E-state index contributed by atoms with van der Waals surface area (Å²) in [6.45, 7) is 11.1. The summed E-state index contributed by atoms with van der Waals surface area (Å²) in [5.74, 6) is -0.917. The van der Waals surface area contributed by atoms with Gasteiger partial charge in [0.1, 0.15) is 0 Å². The molecule has 1 aliphatic rings. The van der Waals surface area contributed by atoms with Crippen molar-refractivity contribution in [3.63, 3.8) is 0 Å². The van der Waals surface area contributed by atoms with Gasteiger partial charge in [0, 0.05) is 0 Å². The molecule has 0 radical (unpaired) electrons. The van der Waals surface area contributed by atoms with Crippen molar-refractivity contribution in [2.45, 2.75) is 95.3 Å². The molecule has 0 unspecified atom stereocenters. The number of rotatable bonds is 15. The number of ether oxygens (including phenoxy) is 2. The number of esters is 2. The van der Waals surface area contributed by atoms with Crippen LogP contribution in [0.25, 0.3) is 0 Å². The fraction of sp³-hybridized carbons (Fsp3) is 0.667. The molecule has 0 bridgehead atoms. The standard InChI is InChI=1S/C18H21O4.3C4H9.Sn/c1-5-13-11-18(15(19)21-3,16(20)22-4)12-17(13,2)14-9-7-6-8-10-14;3*1-3-4-2;/h5-10,13H,1-2,11-12H2,3-4H3;3*1,3-4H2,2H3;/t13-,17+;;;;/m0..../s1. The first kappa shape index (κ1) is 29.9. The molecule has 0 N–H and O–H groups in total. The van der Waals surface area contributed by atoms with Gasteiger partial charge in [-0.25, -0.2) is 0 Å². The van der Waals surface area contributed by atoms with E-state index in [4.69, 9.17) is 9.47 Å². The summed E-state index contributed by atoms with van der Waals surface area (Å²) >= 11 is -2.71. The normalized spacial score (nSPS) is 21.5. The Kier molecular flexibility index (Phi) is 11.8. The topological polar surface area (TPSA) is 52.6 Å². The third-order valence-corrected chi connectivity index (χ3v) is 24.6. The van der Waals surface area contributed by atoms with Gasteiger partial charge in [-0.15, -0.1) is 0 Å². The van der Waals surface area contributed by atoms with Gasteiger partial charge in [-0.3, -0.25) is 0 Å². The van der Waals surface area contributed by atoms with Crippen LogP contribution in [0.2, 0.25) is 17.7 Å². The number of unbranched alkanes of at least 4 members (excludes halogenated alkanes) is 3. The summed E-state index contributed by atoms with van der Waals surface area (Å²) in [5.41, 5.74) is -0.336. The van der Waals surface area contributed by atoms with Gasteiger partial charge in [0.2, 0.25) is 0 Å². The molecule has 1 aromatic rings. The van der Waals surface area contributed by atoms with Crippen LogP contribution in [0.15, 0.2) is 43.0 Å². The molecule has 1 saturated carbocycles. The third-order valence-electron chi connectivity index (χ3n) is 8.55. The van der Waals surface area contributed by atoms with E-state index in [1.54, 1.807) is 0 Å². The Morgan fingerprint density at radius 3 is 1.83 bits per heavy atom. The van der Waals surface area contributed by atoms with Crippen molar-refractivity contribution in [3.05, 3.63) is 48.6 Å². The average Bonchev–Trinajstić information content (AvgIpc) is 3.25. The SMILES string of the molecule is C=C[C@H]1CC(C(=O)OC)(C(=O)OC)C[C@@]1([CH2][Sn]([CH2]CCC)([CH2]CCC)[CH2]CCC)c1ccccc1. The molecule has 0 amide bonds. The van der Waals surface area contributed by atoms with Gasteiger partial charge in [-0.2, -0.15) is 0 Å². The molecule has 1 fully saturated rings. The molecule has 1 aliphatic carbocycles. The van der Waals surface area contributed by atoms with Crippen molar-refractivity contribution in [2.24, 2.45) is 11.3 Å². The summed E-state index contributed by atoms with van der Waals surface area (Å²) in [5, 5.41) is 0. The van der Waals surface area contributed by atoms with Crippen LogP contribution in [-0.2, 0) is 24.5 Å². The van der Waals surface area contributed by atoms with Gasteiger partial charge < -0.3 is 0 Å². The molecule has 196 valence electrons. The van der Waals surface area contributed by atoms with Crippen LogP contribution in [0.1, 0.15) is 77.7 Å².